The van der Waals surface area contributed by atoms with Crippen LogP contribution >= 0.6 is 0 Å². The summed E-state index contributed by atoms with van der Waals surface area (Å²) < 4.78 is 5.78. The van der Waals surface area contributed by atoms with Crippen LogP contribution in [0.15, 0.2) is 47.9 Å². The van der Waals surface area contributed by atoms with Gasteiger partial charge in [-0.05, 0) is 43.7 Å². The predicted octanol–water partition coefficient (Wildman–Crippen LogP) is 3.17. The molecule has 0 saturated carbocycles. The number of ether oxygens (including phenoxy) is 1. The number of benzene rings is 1. The maximum atomic E-state index is 8.91. The lowest BCUT2D eigenvalue weighted by Gasteiger charge is -2.11. The van der Waals surface area contributed by atoms with Crippen LogP contribution in [0.5, 0.6) is 5.75 Å². The van der Waals surface area contributed by atoms with Crippen LogP contribution in [0.4, 0.5) is 0 Å². The molecule has 0 fully saturated rings. The molecule has 1 heterocycles. The Morgan fingerprint density at radius 1 is 1.26 bits per heavy atom. The van der Waals surface area contributed by atoms with Crippen molar-refractivity contribution in [1.29, 1.82) is 0 Å². The van der Waals surface area contributed by atoms with E-state index in [-0.39, 0.29) is 0 Å². The van der Waals surface area contributed by atoms with Gasteiger partial charge in [-0.3, -0.25) is 4.98 Å². The van der Waals surface area contributed by atoms with E-state index in [4.69, 9.17) is 9.94 Å². The van der Waals surface area contributed by atoms with Gasteiger partial charge in [-0.1, -0.05) is 16.8 Å². The summed E-state index contributed by atoms with van der Waals surface area (Å²) in [6.45, 7) is 4.19. The number of oxime groups is 1. The van der Waals surface area contributed by atoms with E-state index < -0.39 is 0 Å². The van der Waals surface area contributed by atoms with Crippen molar-refractivity contribution in [3.63, 3.8) is 0 Å². The summed E-state index contributed by atoms with van der Waals surface area (Å²) in [6, 6.07) is 9.61. The number of rotatable bonds is 4. The van der Waals surface area contributed by atoms with Gasteiger partial charge in [0.2, 0.25) is 0 Å². The monoisotopic (exact) mass is 256 g/mol. The molecule has 1 N–H and O–H groups in total. The Morgan fingerprint density at radius 3 is 2.68 bits per heavy atom. The van der Waals surface area contributed by atoms with Gasteiger partial charge in [0, 0.05) is 18.0 Å². The van der Waals surface area contributed by atoms with Gasteiger partial charge in [0.15, 0.2) is 0 Å². The summed E-state index contributed by atoms with van der Waals surface area (Å²) in [5.74, 6) is 0.706. The fourth-order valence-corrected chi connectivity index (χ4v) is 1.75. The van der Waals surface area contributed by atoms with Gasteiger partial charge >= 0.3 is 0 Å². The Balaban J connectivity index is 2.20. The summed E-state index contributed by atoms with van der Waals surface area (Å²) in [7, 11) is 0. The zero-order valence-corrected chi connectivity index (χ0v) is 11.0. The van der Waals surface area contributed by atoms with Crippen LogP contribution in [0.25, 0.3) is 0 Å². The van der Waals surface area contributed by atoms with Gasteiger partial charge in [-0.15, -0.1) is 0 Å². The first-order valence-electron chi connectivity index (χ1n) is 6.02. The van der Waals surface area contributed by atoms with Gasteiger partial charge in [0.25, 0.3) is 0 Å². The second-order valence-electron chi connectivity index (χ2n) is 4.33. The summed E-state index contributed by atoms with van der Waals surface area (Å²) >= 11 is 0. The van der Waals surface area contributed by atoms with Crippen molar-refractivity contribution in [3.8, 4) is 5.75 Å². The van der Waals surface area contributed by atoms with E-state index >= 15 is 0 Å². The largest absolute Gasteiger partial charge is 0.488 e. The molecule has 2 rings (SSSR count). The molecule has 0 aliphatic carbocycles. The van der Waals surface area contributed by atoms with Crippen molar-refractivity contribution in [2.75, 3.05) is 0 Å². The molecule has 0 aliphatic heterocycles. The summed E-state index contributed by atoms with van der Waals surface area (Å²) in [5.41, 5.74) is 3.47. The molecule has 0 unspecified atom stereocenters. The Kier molecular flexibility index (Phi) is 4.13. The van der Waals surface area contributed by atoms with Crippen molar-refractivity contribution in [3.05, 3.63) is 59.4 Å². The van der Waals surface area contributed by atoms with E-state index in [1.807, 2.05) is 37.3 Å². The average Bonchev–Trinajstić information content (AvgIpc) is 2.46. The van der Waals surface area contributed by atoms with Crippen molar-refractivity contribution < 1.29 is 9.94 Å². The molecule has 98 valence electrons. The minimum absolute atomic E-state index is 0.456. The first-order chi connectivity index (χ1) is 9.20. The van der Waals surface area contributed by atoms with Gasteiger partial charge in [0.1, 0.15) is 12.4 Å². The highest BCUT2D eigenvalue weighted by atomic mass is 16.5. The van der Waals surface area contributed by atoms with Crippen LogP contribution in [-0.4, -0.2) is 15.9 Å². The molecule has 1 aromatic heterocycles. The van der Waals surface area contributed by atoms with Crippen LogP contribution in [-0.2, 0) is 6.61 Å². The van der Waals surface area contributed by atoms with E-state index in [2.05, 4.69) is 10.1 Å². The first kappa shape index (κ1) is 13.1. The lowest BCUT2D eigenvalue weighted by molar-refractivity contribution is 0.303. The van der Waals surface area contributed by atoms with Crippen LogP contribution in [0.2, 0.25) is 0 Å². The third kappa shape index (κ3) is 3.31. The molecule has 4 nitrogen and oxygen atoms in total. The minimum Gasteiger partial charge on any atom is -0.488 e. The predicted molar refractivity (Wildman–Crippen MR) is 73.7 cm³/mol. The number of pyridine rings is 1. The highest BCUT2D eigenvalue weighted by Crippen LogP contribution is 2.22. The molecule has 0 aliphatic rings. The highest BCUT2D eigenvalue weighted by molar-refractivity contribution is 6.00. The lowest BCUT2D eigenvalue weighted by atomic mass is 10.1. The smallest absolute Gasteiger partial charge is 0.128 e. The van der Waals surface area contributed by atoms with E-state index in [0.717, 1.165) is 16.7 Å². The van der Waals surface area contributed by atoms with Crippen LogP contribution < -0.4 is 4.74 Å². The molecule has 1 aromatic carbocycles. The number of hydrogen-bond acceptors (Lipinski definition) is 4. The maximum Gasteiger partial charge on any atom is 0.128 e. The normalized spacial score (nSPS) is 11.4. The molecule has 19 heavy (non-hydrogen) atoms. The summed E-state index contributed by atoms with van der Waals surface area (Å²) in [4.78, 5) is 3.96. The van der Waals surface area contributed by atoms with Gasteiger partial charge in [-0.25, -0.2) is 0 Å². The van der Waals surface area contributed by atoms with E-state index in [9.17, 15) is 0 Å². The fourth-order valence-electron chi connectivity index (χ4n) is 1.75. The van der Waals surface area contributed by atoms with Crippen LogP contribution in [0.1, 0.15) is 23.6 Å². The fraction of sp³-hybridized carbons (Fsp3) is 0.200. The topological polar surface area (TPSA) is 54.7 Å². The van der Waals surface area contributed by atoms with Gasteiger partial charge < -0.3 is 9.94 Å². The molecule has 2 aromatic rings. The zero-order valence-electron chi connectivity index (χ0n) is 11.0. The number of nitrogens with zero attached hydrogens (tertiary/aromatic N) is 2. The molecule has 0 bridgehead atoms. The van der Waals surface area contributed by atoms with Crippen molar-refractivity contribution >= 4 is 5.71 Å². The summed E-state index contributed by atoms with van der Waals surface area (Å²) in [6.07, 6.45) is 3.46. The molecule has 0 amide bonds. The molecule has 0 atom stereocenters. The Morgan fingerprint density at radius 2 is 2.00 bits per heavy atom. The number of aryl methyl sites for hydroxylation is 1. The Labute approximate surface area is 112 Å². The van der Waals surface area contributed by atoms with Crippen LogP contribution in [0, 0.1) is 6.92 Å². The maximum absolute atomic E-state index is 8.91. The Bertz CT molecular complexity index is 580. The van der Waals surface area contributed by atoms with Gasteiger partial charge in [0.05, 0.1) is 5.71 Å². The molecular weight excluding hydrogens is 240 g/mol. The summed E-state index contributed by atoms with van der Waals surface area (Å²) in [5, 5.41) is 12.2. The average molecular weight is 256 g/mol. The van der Waals surface area contributed by atoms with Crippen molar-refractivity contribution in [2.24, 2.45) is 5.16 Å². The molecule has 0 saturated heterocycles. The minimum atomic E-state index is 0.456. The highest BCUT2D eigenvalue weighted by Gasteiger charge is 2.08. The van der Waals surface area contributed by atoms with Gasteiger partial charge in [-0.2, -0.15) is 0 Å². The standard InChI is InChI=1S/C15H16N2O2/c1-11-3-4-15(14(9-11)12(2)17-18)19-10-13-5-7-16-8-6-13/h3-9,18H,10H2,1-2H3/b17-12+. The lowest BCUT2D eigenvalue weighted by Crippen LogP contribution is -2.03. The molecule has 4 heteroatoms. The molecule has 0 radical (unpaired) electrons. The number of aromatic nitrogens is 1. The SMILES string of the molecule is C/C(=N\O)c1cc(C)ccc1OCc1ccncc1. The zero-order chi connectivity index (χ0) is 13.7. The molecule has 0 spiro atoms. The third-order valence-corrected chi connectivity index (χ3v) is 2.82. The first-order valence-corrected chi connectivity index (χ1v) is 6.02. The van der Waals surface area contributed by atoms with Crippen molar-refractivity contribution in [2.45, 2.75) is 20.5 Å². The second kappa shape index (κ2) is 6.00. The van der Waals surface area contributed by atoms with E-state index in [0.29, 0.717) is 18.1 Å². The quantitative estimate of drug-likeness (QED) is 0.519. The Hall–Kier alpha value is -2.36. The molecular formula is C15H16N2O2. The number of hydrogen-bond donors (Lipinski definition) is 1. The van der Waals surface area contributed by atoms with E-state index in [1.54, 1.807) is 19.3 Å². The van der Waals surface area contributed by atoms with E-state index in [1.165, 1.54) is 0 Å². The van der Waals surface area contributed by atoms with Crippen LogP contribution in [0.3, 0.4) is 0 Å². The van der Waals surface area contributed by atoms with Crippen molar-refractivity contribution in [1.82, 2.24) is 4.98 Å². The second-order valence-corrected chi connectivity index (χ2v) is 4.33. The third-order valence-electron chi connectivity index (χ3n) is 2.82.